The molecular formula is C11H24N2. The van der Waals surface area contributed by atoms with E-state index in [1.54, 1.807) is 0 Å². The molecule has 0 bridgehead atoms. The quantitative estimate of drug-likeness (QED) is 0.646. The van der Waals surface area contributed by atoms with Gasteiger partial charge in [-0.05, 0) is 34.2 Å². The average molecular weight is 184 g/mol. The molecule has 0 radical (unpaired) electrons. The minimum Gasteiger partial charge on any atom is -0.301 e. The van der Waals surface area contributed by atoms with Crippen molar-refractivity contribution in [3.8, 4) is 0 Å². The number of nitrogens with zero attached hydrogens (tertiary/aromatic N) is 2. The molecule has 0 aromatic rings. The fraction of sp³-hybridized carbons (Fsp3) is 1.00. The molecule has 1 aliphatic heterocycles. The number of hydrogen-bond donors (Lipinski definition) is 0. The van der Waals surface area contributed by atoms with Crippen LogP contribution in [0, 0.1) is 0 Å². The Bertz CT molecular complexity index is 144. The fourth-order valence-electron chi connectivity index (χ4n) is 2.72. The number of hydrogen-bond acceptors (Lipinski definition) is 2. The molecule has 2 heteroatoms. The van der Waals surface area contributed by atoms with Crippen LogP contribution in [-0.4, -0.2) is 47.6 Å². The van der Waals surface area contributed by atoms with Crippen LogP contribution in [0.3, 0.4) is 0 Å². The van der Waals surface area contributed by atoms with Crippen molar-refractivity contribution in [2.45, 2.75) is 52.7 Å². The maximum atomic E-state index is 2.63. The van der Waals surface area contributed by atoms with Gasteiger partial charge in [0.05, 0.1) is 0 Å². The zero-order chi connectivity index (χ0) is 10.0. The Morgan fingerprint density at radius 3 is 1.92 bits per heavy atom. The summed E-state index contributed by atoms with van der Waals surface area (Å²) in [6, 6.07) is 2.11. The summed E-state index contributed by atoms with van der Waals surface area (Å²) in [5.41, 5.74) is 0. The topological polar surface area (TPSA) is 6.48 Å². The SMILES string of the molecule is CCN1CC(C)N(C(C)C)C(C)C1. The Kier molecular flexibility index (Phi) is 3.74. The Morgan fingerprint density at radius 2 is 1.62 bits per heavy atom. The summed E-state index contributed by atoms with van der Waals surface area (Å²) in [6.07, 6.45) is 0. The first-order valence-corrected chi connectivity index (χ1v) is 5.56. The van der Waals surface area contributed by atoms with Crippen LogP contribution >= 0.6 is 0 Å². The summed E-state index contributed by atoms with van der Waals surface area (Å²) in [4.78, 5) is 5.18. The second-order valence-electron chi connectivity index (χ2n) is 4.59. The molecule has 0 aliphatic carbocycles. The van der Waals surface area contributed by atoms with Crippen LogP contribution in [-0.2, 0) is 0 Å². The van der Waals surface area contributed by atoms with Crippen molar-refractivity contribution >= 4 is 0 Å². The monoisotopic (exact) mass is 184 g/mol. The minimum absolute atomic E-state index is 0.684. The van der Waals surface area contributed by atoms with E-state index in [1.165, 1.54) is 19.6 Å². The Labute approximate surface area is 82.9 Å². The van der Waals surface area contributed by atoms with Crippen LogP contribution in [0.5, 0.6) is 0 Å². The lowest BCUT2D eigenvalue weighted by molar-refractivity contribution is 0.0190. The molecule has 2 atom stereocenters. The number of likely N-dealkylation sites (N-methyl/N-ethyl adjacent to an activating group) is 1. The first-order chi connectivity index (χ1) is 6.06. The first kappa shape index (κ1) is 11.0. The Morgan fingerprint density at radius 1 is 1.15 bits per heavy atom. The van der Waals surface area contributed by atoms with Crippen molar-refractivity contribution in [3.63, 3.8) is 0 Å². The van der Waals surface area contributed by atoms with Gasteiger partial charge in [0.25, 0.3) is 0 Å². The molecule has 2 nitrogen and oxygen atoms in total. The zero-order valence-corrected chi connectivity index (χ0v) is 9.75. The van der Waals surface area contributed by atoms with Gasteiger partial charge in [-0.2, -0.15) is 0 Å². The second kappa shape index (κ2) is 4.43. The lowest BCUT2D eigenvalue weighted by atomic mass is 10.1. The average Bonchev–Trinajstić information content (AvgIpc) is 2.02. The standard InChI is InChI=1S/C11H24N2/c1-6-12-7-10(4)13(9(2)3)11(5)8-12/h9-11H,6-8H2,1-5H3. The van der Waals surface area contributed by atoms with Crippen molar-refractivity contribution in [1.29, 1.82) is 0 Å². The van der Waals surface area contributed by atoms with Gasteiger partial charge in [0.2, 0.25) is 0 Å². The third kappa shape index (κ3) is 2.44. The van der Waals surface area contributed by atoms with E-state index < -0.39 is 0 Å². The lowest BCUT2D eigenvalue weighted by Gasteiger charge is -2.46. The zero-order valence-electron chi connectivity index (χ0n) is 9.75. The molecule has 13 heavy (non-hydrogen) atoms. The molecule has 1 aliphatic rings. The first-order valence-electron chi connectivity index (χ1n) is 5.56. The highest BCUT2D eigenvalue weighted by Crippen LogP contribution is 2.17. The van der Waals surface area contributed by atoms with Crippen LogP contribution in [0.2, 0.25) is 0 Å². The van der Waals surface area contributed by atoms with Gasteiger partial charge < -0.3 is 4.90 Å². The molecule has 1 heterocycles. The lowest BCUT2D eigenvalue weighted by Crippen LogP contribution is -2.58. The molecule has 0 aromatic carbocycles. The van der Waals surface area contributed by atoms with Gasteiger partial charge in [-0.3, -0.25) is 4.90 Å². The van der Waals surface area contributed by atoms with Gasteiger partial charge in [0, 0.05) is 31.2 Å². The summed E-state index contributed by atoms with van der Waals surface area (Å²) in [5.74, 6) is 0. The van der Waals surface area contributed by atoms with Crippen LogP contribution in [0.25, 0.3) is 0 Å². The number of piperazine rings is 1. The van der Waals surface area contributed by atoms with Gasteiger partial charge >= 0.3 is 0 Å². The molecule has 1 fully saturated rings. The maximum Gasteiger partial charge on any atom is 0.0200 e. The van der Waals surface area contributed by atoms with E-state index in [2.05, 4.69) is 44.4 Å². The van der Waals surface area contributed by atoms with Crippen LogP contribution in [0.1, 0.15) is 34.6 Å². The molecule has 1 saturated heterocycles. The van der Waals surface area contributed by atoms with Gasteiger partial charge in [0.1, 0.15) is 0 Å². The minimum atomic E-state index is 0.684. The van der Waals surface area contributed by atoms with Crippen LogP contribution in [0.4, 0.5) is 0 Å². The van der Waals surface area contributed by atoms with Gasteiger partial charge in [-0.25, -0.2) is 0 Å². The van der Waals surface area contributed by atoms with Gasteiger partial charge in [-0.1, -0.05) is 6.92 Å². The van der Waals surface area contributed by atoms with E-state index in [0.717, 1.165) is 0 Å². The largest absolute Gasteiger partial charge is 0.301 e. The summed E-state index contributed by atoms with van der Waals surface area (Å²) < 4.78 is 0. The van der Waals surface area contributed by atoms with E-state index in [4.69, 9.17) is 0 Å². The Hall–Kier alpha value is -0.0800. The molecule has 0 N–H and O–H groups in total. The van der Waals surface area contributed by atoms with Crippen molar-refractivity contribution in [2.75, 3.05) is 19.6 Å². The van der Waals surface area contributed by atoms with Gasteiger partial charge in [-0.15, -0.1) is 0 Å². The second-order valence-corrected chi connectivity index (χ2v) is 4.59. The highest BCUT2D eigenvalue weighted by molar-refractivity contribution is 4.86. The highest BCUT2D eigenvalue weighted by atomic mass is 15.3. The predicted molar refractivity (Wildman–Crippen MR) is 58.0 cm³/mol. The summed E-state index contributed by atoms with van der Waals surface area (Å²) in [6.45, 7) is 15.2. The van der Waals surface area contributed by atoms with E-state index in [9.17, 15) is 0 Å². The molecule has 0 spiro atoms. The molecule has 0 amide bonds. The maximum absolute atomic E-state index is 2.63. The third-order valence-electron chi connectivity index (χ3n) is 3.11. The molecule has 1 rings (SSSR count). The molecule has 2 unspecified atom stereocenters. The number of rotatable bonds is 2. The van der Waals surface area contributed by atoms with E-state index in [1.807, 2.05) is 0 Å². The van der Waals surface area contributed by atoms with Crippen LogP contribution < -0.4 is 0 Å². The van der Waals surface area contributed by atoms with Crippen molar-refractivity contribution in [3.05, 3.63) is 0 Å². The predicted octanol–water partition coefficient (Wildman–Crippen LogP) is 1.81. The van der Waals surface area contributed by atoms with Crippen LogP contribution in [0.15, 0.2) is 0 Å². The van der Waals surface area contributed by atoms with Gasteiger partial charge in [0.15, 0.2) is 0 Å². The smallest absolute Gasteiger partial charge is 0.0200 e. The van der Waals surface area contributed by atoms with Crippen molar-refractivity contribution in [2.24, 2.45) is 0 Å². The summed E-state index contributed by atoms with van der Waals surface area (Å²) >= 11 is 0. The summed E-state index contributed by atoms with van der Waals surface area (Å²) in [7, 11) is 0. The van der Waals surface area contributed by atoms with E-state index in [0.29, 0.717) is 18.1 Å². The molecule has 0 aromatic heterocycles. The summed E-state index contributed by atoms with van der Waals surface area (Å²) in [5, 5.41) is 0. The van der Waals surface area contributed by atoms with Crippen molar-refractivity contribution < 1.29 is 0 Å². The van der Waals surface area contributed by atoms with E-state index >= 15 is 0 Å². The highest BCUT2D eigenvalue weighted by Gasteiger charge is 2.29. The molecule has 78 valence electrons. The third-order valence-corrected chi connectivity index (χ3v) is 3.11. The Balaban J connectivity index is 2.59. The van der Waals surface area contributed by atoms with Crippen molar-refractivity contribution in [1.82, 2.24) is 9.80 Å². The molecule has 0 saturated carbocycles. The molecular weight excluding hydrogens is 160 g/mol. The normalized spacial score (nSPS) is 32.8. The van der Waals surface area contributed by atoms with E-state index in [-0.39, 0.29) is 0 Å². The fourth-order valence-corrected chi connectivity index (χ4v) is 2.72.